The number of carbonyl (C=O) groups is 1. The van der Waals surface area contributed by atoms with Crippen LogP contribution < -0.4 is 9.62 Å². The Hall–Kier alpha value is -1.40. The molecule has 0 bridgehead atoms. The summed E-state index contributed by atoms with van der Waals surface area (Å²) in [7, 11) is -1.84. The molecule has 0 saturated heterocycles. The van der Waals surface area contributed by atoms with Crippen molar-refractivity contribution in [3.8, 4) is 0 Å². The van der Waals surface area contributed by atoms with Crippen LogP contribution in [0.5, 0.6) is 0 Å². The van der Waals surface area contributed by atoms with Crippen LogP contribution in [-0.4, -0.2) is 27.4 Å². The van der Waals surface area contributed by atoms with Gasteiger partial charge in [0.25, 0.3) is 0 Å². The third-order valence-electron chi connectivity index (χ3n) is 5.58. The highest BCUT2D eigenvalue weighted by Gasteiger charge is 2.42. The molecular formula is C19H28N2O3S. The average Bonchev–Trinajstić information content (AvgIpc) is 2.71. The number of fused-ring (bicyclic) bond motifs is 1. The second-order valence-corrected chi connectivity index (χ2v) is 9.55. The Bertz CT molecular complexity index is 763. The van der Waals surface area contributed by atoms with Crippen molar-refractivity contribution in [1.82, 2.24) is 4.72 Å². The first kappa shape index (κ1) is 18.4. The number of rotatable bonds is 3. The Morgan fingerprint density at radius 1 is 1.08 bits per heavy atom. The minimum atomic E-state index is -3.57. The first-order valence-electron chi connectivity index (χ1n) is 9.18. The zero-order valence-corrected chi connectivity index (χ0v) is 16.2. The van der Waals surface area contributed by atoms with Gasteiger partial charge in [0.15, 0.2) is 0 Å². The molecule has 1 fully saturated rings. The molecule has 5 nitrogen and oxygen atoms in total. The fraction of sp³-hybridized carbons (Fsp3) is 0.632. The lowest BCUT2D eigenvalue weighted by Crippen LogP contribution is -2.35. The van der Waals surface area contributed by atoms with E-state index in [1.54, 1.807) is 30.1 Å². The van der Waals surface area contributed by atoms with E-state index in [-0.39, 0.29) is 16.8 Å². The lowest BCUT2D eigenvalue weighted by atomic mass is 9.86. The Kier molecular flexibility index (Phi) is 4.95. The van der Waals surface area contributed by atoms with Crippen molar-refractivity contribution in [3.63, 3.8) is 0 Å². The van der Waals surface area contributed by atoms with Crippen molar-refractivity contribution in [1.29, 1.82) is 0 Å². The van der Waals surface area contributed by atoms with Gasteiger partial charge in [-0.3, -0.25) is 4.79 Å². The number of hydrogen-bond donors (Lipinski definition) is 1. The van der Waals surface area contributed by atoms with Gasteiger partial charge in [0.05, 0.1) is 10.3 Å². The van der Waals surface area contributed by atoms with E-state index in [9.17, 15) is 13.2 Å². The topological polar surface area (TPSA) is 66.5 Å². The second-order valence-electron chi connectivity index (χ2n) is 7.83. The molecule has 1 aromatic carbocycles. The molecular weight excluding hydrogens is 336 g/mol. The summed E-state index contributed by atoms with van der Waals surface area (Å²) in [6, 6.07) is 5.03. The molecule has 2 aliphatic rings. The molecule has 1 aliphatic heterocycles. The van der Waals surface area contributed by atoms with E-state index in [0.717, 1.165) is 36.9 Å². The van der Waals surface area contributed by atoms with E-state index in [0.29, 0.717) is 0 Å². The summed E-state index contributed by atoms with van der Waals surface area (Å²) >= 11 is 0. The van der Waals surface area contributed by atoms with E-state index in [1.165, 1.54) is 19.3 Å². The standard InChI is InChI=1S/C19H28N2O3S/c1-19(2)16-13-15(11-12-17(16)21(3)18(19)22)25(23,24)20-14-9-7-5-4-6-8-10-14/h11-14,20H,4-10H2,1-3H3. The van der Waals surface area contributed by atoms with Gasteiger partial charge in [-0.05, 0) is 50.5 Å². The molecule has 0 aromatic heterocycles. The van der Waals surface area contributed by atoms with Crippen LogP contribution >= 0.6 is 0 Å². The number of nitrogens with zero attached hydrogens (tertiary/aromatic N) is 1. The van der Waals surface area contributed by atoms with Crippen LogP contribution in [0.25, 0.3) is 0 Å². The largest absolute Gasteiger partial charge is 0.314 e. The number of anilines is 1. The monoisotopic (exact) mass is 364 g/mol. The number of hydrogen-bond acceptors (Lipinski definition) is 3. The number of sulfonamides is 1. The van der Waals surface area contributed by atoms with E-state index in [4.69, 9.17) is 0 Å². The van der Waals surface area contributed by atoms with Crippen molar-refractivity contribution in [2.45, 2.75) is 75.1 Å². The first-order chi connectivity index (χ1) is 11.7. The molecule has 6 heteroatoms. The Morgan fingerprint density at radius 2 is 1.68 bits per heavy atom. The van der Waals surface area contributed by atoms with Gasteiger partial charge in [-0.2, -0.15) is 0 Å². The fourth-order valence-electron chi connectivity index (χ4n) is 3.98. The molecule has 0 atom stereocenters. The third-order valence-corrected chi connectivity index (χ3v) is 7.10. The van der Waals surface area contributed by atoms with Gasteiger partial charge in [0.1, 0.15) is 0 Å². The Morgan fingerprint density at radius 3 is 2.32 bits per heavy atom. The molecule has 1 heterocycles. The van der Waals surface area contributed by atoms with Crippen molar-refractivity contribution in [2.24, 2.45) is 0 Å². The van der Waals surface area contributed by atoms with Gasteiger partial charge in [0, 0.05) is 18.8 Å². The molecule has 0 spiro atoms. The summed E-state index contributed by atoms with van der Waals surface area (Å²) in [4.78, 5) is 14.3. The summed E-state index contributed by atoms with van der Waals surface area (Å²) < 4.78 is 28.6. The van der Waals surface area contributed by atoms with Crippen LogP contribution in [0.4, 0.5) is 5.69 Å². The molecule has 1 saturated carbocycles. The summed E-state index contributed by atoms with van der Waals surface area (Å²) in [5.41, 5.74) is 0.871. The van der Waals surface area contributed by atoms with Gasteiger partial charge < -0.3 is 4.90 Å². The number of likely N-dealkylation sites (N-methyl/N-ethyl adjacent to an activating group) is 1. The zero-order valence-electron chi connectivity index (χ0n) is 15.3. The predicted molar refractivity (Wildman–Crippen MR) is 99.3 cm³/mol. The smallest absolute Gasteiger partial charge is 0.240 e. The summed E-state index contributed by atoms with van der Waals surface area (Å²) in [5, 5.41) is 0. The molecule has 138 valence electrons. The lowest BCUT2D eigenvalue weighted by molar-refractivity contribution is -0.121. The predicted octanol–water partition coefficient (Wildman–Crippen LogP) is 3.33. The molecule has 3 rings (SSSR count). The Labute approximate surface area is 150 Å². The SMILES string of the molecule is CN1C(=O)C(C)(C)c2cc(S(=O)(=O)NC3CCCCCCC3)ccc21. The van der Waals surface area contributed by atoms with Crippen molar-refractivity contribution >= 4 is 21.6 Å². The van der Waals surface area contributed by atoms with E-state index < -0.39 is 15.4 Å². The third kappa shape index (κ3) is 3.47. The molecule has 1 aliphatic carbocycles. The van der Waals surface area contributed by atoms with Gasteiger partial charge >= 0.3 is 0 Å². The van der Waals surface area contributed by atoms with Gasteiger partial charge in [-0.15, -0.1) is 0 Å². The Balaban J connectivity index is 1.86. The summed E-state index contributed by atoms with van der Waals surface area (Å²) in [5.74, 6) is -0.00924. The number of benzene rings is 1. The fourth-order valence-corrected chi connectivity index (χ4v) is 5.31. The number of nitrogens with one attached hydrogen (secondary N) is 1. The van der Waals surface area contributed by atoms with Crippen molar-refractivity contribution in [3.05, 3.63) is 23.8 Å². The van der Waals surface area contributed by atoms with Gasteiger partial charge in [-0.25, -0.2) is 13.1 Å². The molecule has 0 radical (unpaired) electrons. The molecule has 25 heavy (non-hydrogen) atoms. The van der Waals surface area contributed by atoms with E-state index in [1.807, 2.05) is 13.8 Å². The highest BCUT2D eigenvalue weighted by atomic mass is 32.2. The van der Waals surface area contributed by atoms with Crippen LogP contribution in [-0.2, 0) is 20.2 Å². The normalized spacial score (nSPS) is 21.7. The number of amides is 1. The summed E-state index contributed by atoms with van der Waals surface area (Å²) in [6.45, 7) is 3.69. The lowest BCUT2D eigenvalue weighted by Gasteiger charge is -2.21. The van der Waals surface area contributed by atoms with Crippen LogP contribution in [0.15, 0.2) is 23.1 Å². The molecule has 1 amide bonds. The van der Waals surface area contributed by atoms with Crippen LogP contribution in [0.2, 0.25) is 0 Å². The van der Waals surface area contributed by atoms with Crippen LogP contribution in [0.3, 0.4) is 0 Å². The summed E-state index contributed by atoms with van der Waals surface area (Å²) in [6.07, 6.45) is 7.56. The second kappa shape index (κ2) is 6.72. The van der Waals surface area contributed by atoms with Crippen molar-refractivity contribution in [2.75, 3.05) is 11.9 Å². The average molecular weight is 365 g/mol. The van der Waals surface area contributed by atoms with Crippen molar-refractivity contribution < 1.29 is 13.2 Å². The zero-order chi connectivity index (χ0) is 18.2. The first-order valence-corrected chi connectivity index (χ1v) is 10.7. The molecule has 1 aromatic rings. The van der Waals surface area contributed by atoms with Crippen LogP contribution in [0, 0.1) is 0 Å². The highest BCUT2D eigenvalue weighted by Crippen LogP contribution is 2.41. The van der Waals surface area contributed by atoms with Gasteiger partial charge in [0.2, 0.25) is 15.9 Å². The maximum absolute atomic E-state index is 12.9. The minimum Gasteiger partial charge on any atom is -0.314 e. The molecule has 0 unspecified atom stereocenters. The number of carbonyl (C=O) groups excluding carboxylic acids is 1. The maximum Gasteiger partial charge on any atom is 0.240 e. The molecule has 1 N–H and O–H groups in total. The van der Waals surface area contributed by atoms with Crippen LogP contribution in [0.1, 0.15) is 64.4 Å². The maximum atomic E-state index is 12.9. The van der Waals surface area contributed by atoms with Gasteiger partial charge in [-0.1, -0.05) is 32.1 Å². The quantitative estimate of drug-likeness (QED) is 0.894. The highest BCUT2D eigenvalue weighted by molar-refractivity contribution is 7.89. The minimum absolute atomic E-state index is 0.00924. The van der Waals surface area contributed by atoms with E-state index >= 15 is 0 Å². The van der Waals surface area contributed by atoms with E-state index in [2.05, 4.69) is 4.72 Å².